The van der Waals surface area contributed by atoms with Gasteiger partial charge >= 0.3 is 0 Å². The Morgan fingerprint density at radius 2 is 1.76 bits per heavy atom. The zero-order chi connectivity index (χ0) is 25.6. The van der Waals surface area contributed by atoms with Crippen molar-refractivity contribution in [1.29, 1.82) is 0 Å². The molecule has 7 nitrogen and oxygen atoms in total. The van der Waals surface area contributed by atoms with Crippen LogP contribution in [0.2, 0.25) is 5.02 Å². The molecule has 2 N–H and O–H groups in total. The van der Waals surface area contributed by atoms with E-state index in [0.29, 0.717) is 23.8 Å². The van der Waals surface area contributed by atoms with E-state index in [1.54, 1.807) is 10.7 Å². The Labute approximate surface area is 227 Å². The largest absolute Gasteiger partial charge is 0.493 e. The molecule has 0 spiro atoms. The molecule has 0 saturated carbocycles. The summed E-state index contributed by atoms with van der Waals surface area (Å²) in [4.78, 5) is 17.0. The van der Waals surface area contributed by atoms with Crippen LogP contribution in [0.1, 0.15) is 12.0 Å². The van der Waals surface area contributed by atoms with E-state index in [9.17, 15) is 4.79 Å². The number of halogens is 2. The van der Waals surface area contributed by atoms with Crippen molar-refractivity contribution >= 4 is 50.6 Å². The first-order valence-corrected chi connectivity index (χ1v) is 12.8. The van der Waals surface area contributed by atoms with Gasteiger partial charge in [0.2, 0.25) is 5.91 Å². The minimum Gasteiger partial charge on any atom is -0.493 e. The van der Waals surface area contributed by atoms with Gasteiger partial charge in [-0.25, -0.2) is 4.98 Å². The topological polar surface area (TPSA) is 80.5 Å². The molecule has 37 heavy (non-hydrogen) atoms. The number of amides is 1. The summed E-state index contributed by atoms with van der Waals surface area (Å²) in [5.74, 6) is 1.43. The van der Waals surface area contributed by atoms with Crippen LogP contribution in [0.4, 0.5) is 11.5 Å². The summed E-state index contributed by atoms with van der Waals surface area (Å²) in [7, 11) is 0. The quantitative estimate of drug-likeness (QED) is 0.201. The molecule has 0 bridgehead atoms. The highest BCUT2D eigenvalue weighted by molar-refractivity contribution is 9.10. The van der Waals surface area contributed by atoms with E-state index in [1.165, 1.54) is 0 Å². The van der Waals surface area contributed by atoms with Gasteiger partial charge in [0.05, 0.1) is 29.4 Å². The third kappa shape index (κ3) is 6.10. The molecule has 0 radical (unpaired) electrons. The molecule has 1 amide bonds. The zero-order valence-electron chi connectivity index (χ0n) is 19.7. The van der Waals surface area contributed by atoms with Gasteiger partial charge in [-0.15, -0.1) is 0 Å². The van der Waals surface area contributed by atoms with Crippen molar-refractivity contribution in [2.24, 2.45) is 0 Å². The number of fused-ring (bicyclic) bond motifs is 1. The Hall–Kier alpha value is -3.88. The fraction of sp³-hybridized carbons (Fsp3) is 0.107. The van der Waals surface area contributed by atoms with E-state index < -0.39 is 0 Å². The second kappa shape index (κ2) is 11.5. The Kier molecular flexibility index (Phi) is 7.67. The van der Waals surface area contributed by atoms with Crippen molar-refractivity contribution in [2.45, 2.75) is 13.0 Å². The van der Waals surface area contributed by atoms with Crippen molar-refractivity contribution in [2.75, 3.05) is 17.2 Å². The van der Waals surface area contributed by atoms with Gasteiger partial charge in [-0.05, 0) is 51.8 Å². The van der Waals surface area contributed by atoms with E-state index in [0.717, 1.165) is 38.5 Å². The number of anilines is 2. The van der Waals surface area contributed by atoms with Gasteiger partial charge in [-0.2, -0.15) is 9.61 Å². The lowest BCUT2D eigenvalue weighted by atomic mass is 10.1. The average Bonchev–Trinajstić information content (AvgIpc) is 3.29. The first-order valence-electron chi connectivity index (χ1n) is 11.7. The molecule has 0 fully saturated rings. The molecule has 0 unspecified atom stereocenters. The first-order chi connectivity index (χ1) is 18.1. The number of nitrogens with zero attached hydrogens (tertiary/aromatic N) is 3. The molecule has 5 rings (SSSR count). The van der Waals surface area contributed by atoms with Crippen LogP contribution >= 0.6 is 27.5 Å². The van der Waals surface area contributed by atoms with Crippen LogP contribution in [-0.2, 0) is 11.3 Å². The molecule has 2 aromatic heterocycles. The molecule has 2 heterocycles. The SMILES string of the molecule is O=C(CCOc1ccccc1)Nc1ccc(CNc2cc(-c3ccccc3Cl)nc3c(Br)cnn23)cc1. The number of carbonyl (C=O) groups excluding carboxylic acids is 1. The highest BCUT2D eigenvalue weighted by Gasteiger charge is 2.13. The smallest absolute Gasteiger partial charge is 0.227 e. The molecule has 186 valence electrons. The summed E-state index contributed by atoms with van der Waals surface area (Å²) >= 11 is 9.95. The van der Waals surface area contributed by atoms with Crippen molar-refractivity contribution in [3.63, 3.8) is 0 Å². The van der Waals surface area contributed by atoms with Gasteiger partial charge in [0, 0.05) is 28.9 Å². The summed E-state index contributed by atoms with van der Waals surface area (Å²) < 4.78 is 8.13. The molecule has 0 atom stereocenters. The van der Waals surface area contributed by atoms with E-state index in [1.807, 2.05) is 84.9 Å². The lowest BCUT2D eigenvalue weighted by Crippen LogP contribution is -2.15. The van der Waals surface area contributed by atoms with Gasteiger partial charge in [-0.3, -0.25) is 4.79 Å². The number of ether oxygens (including phenoxy) is 1. The standard InChI is InChI=1S/C28H23BrClN5O2/c29-23-18-32-35-26(16-25(34-28(23)35)22-8-4-5-9-24(22)30)31-17-19-10-12-20(13-11-19)33-27(36)14-15-37-21-6-2-1-3-7-21/h1-13,16,18,31H,14-15,17H2,(H,33,36). The minimum absolute atomic E-state index is 0.0997. The number of carbonyl (C=O) groups is 1. The number of rotatable bonds is 9. The maximum Gasteiger partial charge on any atom is 0.227 e. The van der Waals surface area contributed by atoms with Crippen LogP contribution in [0.15, 0.2) is 95.6 Å². The molecule has 0 saturated heterocycles. The summed E-state index contributed by atoms with van der Waals surface area (Å²) in [6.45, 7) is 0.871. The van der Waals surface area contributed by atoms with Crippen LogP contribution in [0, 0.1) is 0 Å². The number of para-hydroxylation sites is 1. The number of nitrogens with one attached hydrogen (secondary N) is 2. The third-order valence-electron chi connectivity index (χ3n) is 5.63. The Morgan fingerprint density at radius 3 is 2.54 bits per heavy atom. The van der Waals surface area contributed by atoms with Crippen LogP contribution in [0.3, 0.4) is 0 Å². The summed E-state index contributed by atoms with van der Waals surface area (Å²) in [6.07, 6.45) is 1.98. The van der Waals surface area contributed by atoms with E-state index >= 15 is 0 Å². The first kappa shape index (κ1) is 24.8. The van der Waals surface area contributed by atoms with E-state index in [-0.39, 0.29) is 12.3 Å². The maximum atomic E-state index is 12.3. The lowest BCUT2D eigenvalue weighted by Gasteiger charge is -2.12. The highest BCUT2D eigenvalue weighted by Crippen LogP contribution is 2.30. The highest BCUT2D eigenvalue weighted by atomic mass is 79.9. The molecular weight excluding hydrogens is 554 g/mol. The molecule has 0 aliphatic heterocycles. The van der Waals surface area contributed by atoms with Crippen LogP contribution in [-0.4, -0.2) is 27.1 Å². The molecule has 3 aromatic carbocycles. The van der Waals surface area contributed by atoms with Crippen molar-refractivity contribution in [1.82, 2.24) is 14.6 Å². The van der Waals surface area contributed by atoms with Crippen molar-refractivity contribution < 1.29 is 9.53 Å². The van der Waals surface area contributed by atoms with Crippen LogP contribution in [0.25, 0.3) is 16.9 Å². The van der Waals surface area contributed by atoms with Crippen molar-refractivity contribution in [3.8, 4) is 17.0 Å². The molecule has 9 heteroatoms. The summed E-state index contributed by atoms with van der Waals surface area (Å²) in [6, 6.07) is 26.7. The van der Waals surface area contributed by atoms with Gasteiger partial charge < -0.3 is 15.4 Å². The molecule has 5 aromatic rings. The number of hydrogen-bond donors (Lipinski definition) is 2. The average molecular weight is 577 g/mol. The van der Waals surface area contributed by atoms with Gasteiger partial charge in [0.25, 0.3) is 0 Å². The lowest BCUT2D eigenvalue weighted by molar-refractivity contribution is -0.116. The Bertz CT molecular complexity index is 1520. The van der Waals surface area contributed by atoms with Crippen molar-refractivity contribution in [3.05, 3.63) is 106 Å². The summed E-state index contributed by atoms with van der Waals surface area (Å²) in [5, 5.41) is 11.4. The molecular formula is C28H23BrClN5O2. The number of hydrogen-bond acceptors (Lipinski definition) is 5. The van der Waals surface area contributed by atoms with Gasteiger partial charge in [0.1, 0.15) is 11.6 Å². The number of benzene rings is 3. The Morgan fingerprint density at radius 1 is 1.00 bits per heavy atom. The van der Waals surface area contributed by atoms with Crippen LogP contribution < -0.4 is 15.4 Å². The summed E-state index contributed by atoms with van der Waals surface area (Å²) in [5.41, 5.74) is 4.06. The van der Waals surface area contributed by atoms with E-state index in [4.69, 9.17) is 21.3 Å². The van der Waals surface area contributed by atoms with E-state index in [2.05, 4.69) is 31.7 Å². The predicted molar refractivity (Wildman–Crippen MR) is 150 cm³/mol. The fourth-order valence-electron chi connectivity index (χ4n) is 3.77. The molecule has 0 aliphatic carbocycles. The predicted octanol–water partition coefficient (Wildman–Crippen LogP) is 6.83. The minimum atomic E-state index is -0.0997. The second-order valence-electron chi connectivity index (χ2n) is 8.24. The van der Waals surface area contributed by atoms with Gasteiger partial charge in [-0.1, -0.05) is 60.1 Å². The third-order valence-corrected chi connectivity index (χ3v) is 6.52. The van der Waals surface area contributed by atoms with Gasteiger partial charge in [0.15, 0.2) is 5.65 Å². The zero-order valence-corrected chi connectivity index (χ0v) is 22.0. The maximum absolute atomic E-state index is 12.3. The molecule has 0 aliphatic rings. The second-order valence-corrected chi connectivity index (χ2v) is 9.51. The fourth-order valence-corrected chi connectivity index (χ4v) is 4.35. The normalized spacial score (nSPS) is 10.9. The van der Waals surface area contributed by atoms with Crippen LogP contribution in [0.5, 0.6) is 5.75 Å². The monoisotopic (exact) mass is 575 g/mol. The number of aromatic nitrogens is 3. The Balaban J connectivity index is 1.22.